The monoisotopic (exact) mass is 290 g/mol. The van der Waals surface area contributed by atoms with Gasteiger partial charge < -0.3 is 15.7 Å². The van der Waals surface area contributed by atoms with Gasteiger partial charge in [0.1, 0.15) is 0 Å². The summed E-state index contributed by atoms with van der Waals surface area (Å²) >= 11 is 0. The molecular weight excluding hydrogens is 264 g/mol. The molecule has 0 heterocycles. The van der Waals surface area contributed by atoms with Crippen LogP contribution in [0.3, 0.4) is 0 Å². The number of aliphatic hydroxyl groups is 1. The van der Waals surface area contributed by atoms with E-state index < -0.39 is 5.54 Å². The molecule has 21 heavy (non-hydrogen) atoms. The highest BCUT2D eigenvalue weighted by Gasteiger charge is 2.34. The standard InChI is InChI=1S/C17H26N2O2/c1-13-6-5-7-15(10-13)14(2)11-18-16(21)19-17(12-20)8-3-4-9-17/h5-7,10,14,20H,3-4,8-9,11-12H2,1-2H3,(H2,18,19,21). The van der Waals surface area contributed by atoms with Gasteiger partial charge in [-0.1, -0.05) is 49.6 Å². The topological polar surface area (TPSA) is 61.4 Å². The Kier molecular flexibility index (Phi) is 5.23. The molecule has 2 rings (SSSR count). The largest absolute Gasteiger partial charge is 0.394 e. The van der Waals surface area contributed by atoms with E-state index in [9.17, 15) is 9.90 Å². The summed E-state index contributed by atoms with van der Waals surface area (Å²) in [5, 5.41) is 15.4. The van der Waals surface area contributed by atoms with Crippen molar-refractivity contribution in [1.82, 2.24) is 10.6 Å². The Morgan fingerprint density at radius 1 is 1.38 bits per heavy atom. The lowest BCUT2D eigenvalue weighted by atomic mass is 9.99. The number of carbonyl (C=O) groups excluding carboxylic acids is 1. The third-order valence-electron chi connectivity index (χ3n) is 4.42. The number of benzene rings is 1. The number of urea groups is 1. The van der Waals surface area contributed by atoms with Crippen LogP contribution in [0.4, 0.5) is 4.79 Å². The molecule has 3 N–H and O–H groups in total. The van der Waals surface area contributed by atoms with E-state index in [-0.39, 0.29) is 18.6 Å². The van der Waals surface area contributed by atoms with Gasteiger partial charge in [-0.25, -0.2) is 4.79 Å². The highest BCUT2D eigenvalue weighted by molar-refractivity contribution is 5.75. The maximum Gasteiger partial charge on any atom is 0.315 e. The predicted molar refractivity (Wildman–Crippen MR) is 84.4 cm³/mol. The normalized spacial score (nSPS) is 18.2. The molecule has 1 aliphatic carbocycles. The van der Waals surface area contributed by atoms with Crippen LogP contribution in [0.2, 0.25) is 0 Å². The van der Waals surface area contributed by atoms with Crippen LogP contribution < -0.4 is 10.6 Å². The molecule has 1 fully saturated rings. The summed E-state index contributed by atoms with van der Waals surface area (Å²) in [6, 6.07) is 8.17. The van der Waals surface area contributed by atoms with Crippen molar-refractivity contribution in [3.05, 3.63) is 35.4 Å². The zero-order valence-corrected chi connectivity index (χ0v) is 13.0. The van der Waals surface area contributed by atoms with Crippen LogP contribution in [0, 0.1) is 6.92 Å². The number of nitrogens with one attached hydrogen (secondary N) is 2. The molecule has 0 aromatic heterocycles. The second-order valence-corrected chi connectivity index (χ2v) is 6.30. The maximum atomic E-state index is 12.0. The van der Waals surface area contributed by atoms with Gasteiger partial charge in [0, 0.05) is 6.54 Å². The zero-order chi connectivity index (χ0) is 15.3. The molecule has 0 spiro atoms. The number of carbonyl (C=O) groups is 1. The molecule has 1 aliphatic rings. The molecule has 0 radical (unpaired) electrons. The highest BCUT2D eigenvalue weighted by Crippen LogP contribution is 2.28. The van der Waals surface area contributed by atoms with Gasteiger partial charge in [0.05, 0.1) is 12.1 Å². The molecule has 1 unspecified atom stereocenters. The SMILES string of the molecule is Cc1cccc(C(C)CNC(=O)NC2(CO)CCCC2)c1. The van der Waals surface area contributed by atoms with Crippen LogP contribution in [-0.4, -0.2) is 29.8 Å². The van der Waals surface area contributed by atoms with Crippen molar-refractivity contribution >= 4 is 6.03 Å². The molecular formula is C17H26N2O2. The second kappa shape index (κ2) is 6.94. The quantitative estimate of drug-likeness (QED) is 0.781. The molecule has 116 valence electrons. The third-order valence-corrected chi connectivity index (χ3v) is 4.42. The van der Waals surface area contributed by atoms with Gasteiger partial charge in [0.2, 0.25) is 0 Å². The van der Waals surface area contributed by atoms with E-state index in [1.807, 2.05) is 6.07 Å². The number of rotatable bonds is 5. The third kappa shape index (κ3) is 4.21. The van der Waals surface area contributed by atoms with Gasteiger partial charge in [-0.15, -0.1) is 0 Å². The molecule has 1 aromatic carbocycles. The van der Waals surface area contributed by atoms with Crippen LogP contribution in [-0.2, 0) is 0 Å². The number of amides is 2. The summed E-state index contributed by atoms with van der Waals surface area (Å²) in [5.74, 6) is 0.268. The van der Waals surface area contributed by atoms with Gasteiger partial charge in [0.25, 0.3) is 0 Å². The van der Waals surface area contributed by atoms with E-state index in [4.69, 9.17) is 0 Å². The number of aryl methyl sites for hydroxylation is 1. The first kappa shape index (κ1) is 15.8. The molecule has 4 nitrogen and oxygen atoms in total. The van der Waals surface area contributed by atoms with Crippen LogP contribution in [0.1, 0.15) is 49.7 Å². The Balaban J connectivity index is 1.83. The summed E-state index contributed by atoms with van der Waals surface area (Å²) in [5.41, 5.74) is 2.05. The van der Waals surface area contributed by atoms with Gasteiger partial charge >= 0.3 is 6.03 Å². The van der Waals surface area contributed by atoms with E-state index >= 15 is 0 Å². The lowest BCUT2D eigenvalue weighted by Gasteiger charge is -2.28. The lowest BCUT2D eigenvalue weighted by molar-refractivity contribution is 0.163. The minimum Gasteiger partial charge on any atom is -0.394 e. The predicted octanol–water partition coefficient (Wildman–Crippen LogP) is 2.70. The van der Waals surface area contributed by atoms with Crippen LogP contribution in [0.25, 0.3) is 0 Å². The van der Waals surface area contributed by atoms with Crippen molar-refractivity contribution in [1.29, 1.82) is 0 Å². The molecule has 0 aliphatic heterocycles. The fraction of sp³-hybridized carbons (Fsp3) is 0.588. The first-order chi connectivity index (χ1) is 10.0. The van der Waals surface area contributed by atoms with E-state index in [1.165, 1.54) is 11.1 Å². The summed E-state index contributed by atoms with van der Waals surface area (Å²) in [7, 11) is 0. The summed E-state index contributed by atoms with van der Waals surface area (Å²) in [6.45, 7) is 4.79. The average Bonchev–Trinajstić information content (AvgIpc) is 2.94. The van der Waals surface area contributed by atoms with Gasteiger partial charge in [-0.2, -0.15) is 0 Å². The summed E-state index contributed by atoms with van der Waals surface area (Å²) in [6.07, 6.45) is 3.87. The average molecular weight is 290 g/mol. The minimum atomic E-state index is -0.406. The van der Waals surface area contributed by atoms with E-state index in [0.29, 0.717) is 6.54 Å². The number of aliphatic hydroxyl groups excluding tert-OH is 1. The van der Waals surface area contributed by atoms with Crippen molar-refractivity contribution in [2.45, 2.75) is 51.0 Å². The van der Waals surface area contributed by atoms with Crippen molar-refractivity contribution in [3.63, 3.8) is 0 Å². The number of hydrogen-bond acceptors (Lipinski definition) is 2. The minimum absolute atomic E-state index is 0.0217. The van der Waals surface area contributed by atoms with Crippen molar-refractivity contribution in [2.24, 2.45) is 0 Å². The van der Waals surface area contributed by atoms with E-state index in [1.54, 1.807) is 0 Å². The lowest BCUT2D eigenvalue weighted by Crippen LogP contribution is -2.53. The van der Waals surface area contributed by atoms with Gasteiger partial charge in [-0.05, 0) is 31.2 Å². The molecule has 1 saturated carbocycles. The molecule has 0 saturated heterocycles. The maximum absolute atomic E-state index is 12.0. The van der Waals surface area contributed by atoms with Crippen molar-refractivity contribution in [3.8, 4) is 0 Å². The Morgan fingerprint density at radius 3 is 2.71 bits per heavy atom. The Hall–Kier alpha value is -1.55. The van der Waals surface area contributed by atoms with Crippen LogP contribution >= 0.6 is 0 Å². The molecule has 2 amide bonds. The first-order valence-electron chi connectivity index (χ1n) is 7.78. The fourth-order valence-electron chi connectivity index (χ4n) is 3.00. The Labute approximate surface area is 126 Å². The van der Waals surface area contributed by atoms with Crippen molar-refractivity contribution < 1.29 is 9.90 Å². The van der Waals surface area contributed by atoms with E-state index in [2.05, 4.69) is 42.7 Å². The summed E-state index contributed by atoms with van der Waals surface area (Å²) < 4.78 is 0. The second-order valence-electron chi connectivity index (χ2n) is 6.30. The molecule has 0 bridgehead atoms. The van der Waals surface area contributed by atoms with Crippen LogP contribution in [0.15, 0.2) is 24.3 Å². The summed E-state index contributed by atoms with van der Waals surface area (Å²) in [4.78, 5) is 12.0. The first-order valence-corrected chi connectivity index (χ1v) is 7.78. The molecule has 4 heteroatoms. The highest BCUT2D eigenvalue weighted by atomic mass is 16.3. The Bertz CT molecular complexity index is 481. The smallest absolute Gasteiger partial charge is 0.315 e. The van der Waals surface area contributed by atoms with Crippen molar-refractivity contribution in [2.75, 3.05) is 13.2 Å². The zero-order valence-electron chi connectivity index (χ0n) is 13.0. The fourth-order valence-corrected chi connectivity index (χ4v) is 3.00. The van der Waals surface area contributed by atoms with Gasteiger partial charge in [0.15, 0.2) is 0 Å². The van der Waals surface area contributed by atoms with E-state index in [0.717, 1.165) is 25.7 Å². The van der Waals surface area contributed by atoms with Crippen LogP contribution in [0.5, 0.6) is 0 Å². The molecule has 1 atom stereocenters. The molecule has 1 aromatic rings. The van der Waals surface area contributed by atoms with Gasteiger partial charge in [-0.3, -0.25) is 0 Å². The Morgan fingerprint density at radius 2 is 2.10 bits per heavy atom. The number of hydrogen-bond donors (Lipinski definition) is 3.